The van der Waals surface area contributed by atoms with Gasteiger partial charge >= 0.3 is 0 Å². The van der Waals surface area contributed by atoms with Crippen LogP contribution in [0, 0.1) is 11.8 Å². The highest BCUT2D eigenvalue weighted by atomic mass is 32.1. The van der Waals surface area contributed by atoms with Crippen molar-refractivity contribution < 1.29 is 0 Å². The average molecular weight is 273 g/mol. The number of nitrogens with one attached hydrogen (secondary N) is 1. The van der Waals surface area contributed by atoms with Crippen molar-refractivity contribution in [1.82, 2.24) is 9.97 Å². The third-order valence-electron chi connectivity index (χ3n) is 4.76. The molecule has 2 saturated carbocycles. The zero-order valence-corrected chi connectivity index (χ0v) is 12.0. The molecule has 0 spiro atoms. The predicted molar refractivity (Wildman–Crippen MR) is 79.8 cm³/mol. The lowest BCUT2D eigenvalue weighted by Crippen LogP contribution is -2.13. The first-order chi connectivity index (χ1) is 9.35. The van der Waals surface area contributed by atoms with E-state index < -0.39 is 0 Å². The summed E-state index contributed by atoms with van der Waals surface area (Å²) < 4.78 is 0. The Morgan fingerprint density at radius 1 is 1.32 bits per heavy atom. The van der Waals surface area contributed by atoms with Gasteiger partial charge in [-0.25, -0.2) is 9.97 Å². The van der Waals surface area contributed by atoms with Crippen LogP contribution < -0.4 is 5.32 Å². The van der Waals surface area contributed by atoms with Crippen LogP contribution in [0.4, 0.5) is 5.82 Å². The van der Waals surface area contributed by atoms with Gasteiger partial charge in [0.15, 0.2) is 0 Å². The highest BCUT2D eigenvalue weighted by molar-refractivity contribution is 7.16. The second-order valence-electron chi connectivity index (χ2n) is 5.88. The topological polar surface area (TPSA) is 37.8 Å². The van der Waals surface area contributed by atoms with Gasteiger partial charge in [-0.1, -0.05) is 6.42 Å². The number of hydrogen-bond donors (Lipinski definition) is 1. The second kappa shape index (κ2) is 4.44. The molecule has 3 unspecified atom stereocenters. The molecular formula is C15H19N3S. The van der Waals surface area contributed by atoms with Crippen molar-refractivity contribution in [3.05, 3.63) is 17.3 Å². The summed E-state index contributed by atoms with van der Waals surface area (Å²) in [6.07, 6.45) is 5.54. The molecule has 2 aromatic rings. The van der Waals surface area contributed by atoms with E-state index in [1.807, 2.05) is 0 Å². The Bertz CT molecular complexity index is 606. The fourth-order valence-corrected chi connectivity index (χ4v) is 4.67. The van der Waals surface area contributed by atoms with Gasteiger partial charge < -0.3 is 5.32 Å². The molecule has 0 radical (unpaired) electrons. The van der Waals surface area contributed by atoms with Crippen LogP contribution in [0.15, 0.2) is 11.4 Å². The maximum atomic E-state index is 4.85. The molecule has 2 aromatic heterocycles. The first-order valence-corrected chi connectivity index (χ1v) is 8.22. The van der Waals surface area contributed by atoms with Crippen LogP contribution in [0.3, 0.4) is 0 Å². The third kappa shape index (κ3) is 1.84. The Morgan fingerprint density at radius 3 is 3.00 bits per heavy atom. The van der Waals surface area contributed by atoms with E-state index in [1.165, 1.54) is 31.1 Å². The van der Waals surface area contributed by atoms with Crippen LogP contribution >= 0.6 is 11.3 Å². The maximum absolute atomic E-state index is 4.85. The molecule has 0 saturated heterocycles. The summed E-state index contributed by atoms with van der Waals surface area (Å²) in [5, 5.41) is 6.70. The Morgan fingerprint density at radius 2 is 2.26 bits per heavy atom. The van der Waals surface area contributed by atoms with Gasteiger partial charge in [-0.2, -0.15) is 0 Å². The molecule has 2 aliphatic carbocycles. The standard InChI is InChI=1S/C15H19N3S/c1-2-16-13-11-5-6-19-15(11)18-14(17-13)12-8-9-3-4-10(12)7-9/h5-6,9-10,12H,2-4,7-8H2,1H3,(H,16,17,18). The summed E-state index contributed by atoms with van der Waals surface area (Å²) in [5.74, 6) is 4.53. The fraction of sp³-hybridized carbons (Fsp3) is 0.600. The number of rotatable bonds is 3. The lowest BCUT2D eigenvalue weighted by atomic mass is 9.88. The fourth-order valence-electron chi connectivity index (χ4n) is 3.90. The molecule has 1 N–H and O–H groups in total. The summed E-state index contributed by atoms with van der Waals surface area (Å²) in [5.41, 5.74) is 0. The molecule has 2 heterocycles. The lowest BCUT2D eigenvalue weighted by molar-refractivity contribution is 0.406. The number of nitrogens with zero attached hydrogens (tertiary/aromatic N) is 2. The monoisotopic (exact) mass is 273 g/mol. The summed E-state index contributed by atoms with van der Waals surface area (Å²) in [4.78, 5) is 10.8. The minimum Gasteiger partial charge on any atom is -0.370 e. The van der Waals surface area contributed by atoms with Crippen LogP contribution in [-0.2, 0) is 0 Å². The molecular weight excluding hydrogens is 254 g/mol. The smallest absolute Gasteiger partial charge is 0.138 e. The van der Waals surface area contributed by atoms with Crippen molar-refractivity contribution in [3.8, 4) is 0 Å². The number of anilines is 1. The Labute approximate surface area is 117 Å². The summed E-state index contributed by atoms with van der Waals surface area (Å²) in [7, 11) is 0. The van der Waals surface area contributed by atoms with Gasteiger partial charge in [0.1, 0.15) is 16.5 Å². The van der Waals surface area contributed by atoms with E-state index in [4.69, 9.17) is 9.97 Å². The van der Waals surface area contributed by atoms with E-state index in [0.29, 0.717) is 5.92 Å². The molecule has 19 heavy (non-hydrogen) atoms. The van der Waals surface area contributed by atoms with E-state index >= 15 is 0 Å². The lowest BCUT2D eigenvalue weighted by Gasteiger charge is -2.20. The predicted octanol–water partition coefficient (Wildman–Crippen LogP) is 4.03. The van der Waals surface area contributed by atoms with Crippen molar-refractivity contribution in [2.75, 3.05) is 11.9 Å². The normalized spacial score (nSPS) is 29.2. The minimum absolute atomic E-state index is 0.614. The van der Waals surface area contributed by atoms with E-state index in [-0.39, 0.29) is 0 Å². The van der Waals surface area contributed by atoms with Crippen molar-refractivity contribution in [2.45, 2.75) is 38.5 Å². The number of hydrogen-bond acceptors (Lipinski definition) is 4. The molecule has 3 nitrogen and oxygen atoms in total. The highest BCUT2D eigenvalue weighted by Gasteiger charge is 2.41. The molecule has 0 aliphatic heterocycles. The average Bonchev–Trinajstić information content (AvgIpc) is 3.14. The number of fused-ring (bicyclic) bond motifs is 3. The molecule has 2 aliphatic rings. The van der Waals surface area contributed by atoms with Crippen molar-refractivity contribution in [3.63, 3.8) is 0 Å². The number of aromatic nitrogens is 2. The SMILES string of the molecule is CCNc1nc(C2CC3CCC2C3)nc2sccc12. The molecule has 4 heteroatoms. The van der Waals surface area contributed by atoms with Gasteiger partial charge in [0, 0.05) is 12.5 Å². The molecule has 0 amide bonds. The second-order valence-corrected chi connectivity index (χ2v) is 6.78. The minimum atomic E-state index is 0.614. The van der Waals surface area contributed by atoms with Gasteiger partial charge in [-0.05, 0) is 49.5 Å². The molecule has 3 atom stereocenters. The third-order valence-corrected chi connectivity index (χ3v) is 5.56. The van der Waals surface area contributed by atoms with Gasteiger partial charge in [0.2, 0.25) is 0 Å². The summed E-state index contributed by atoms with van der Waals surface area (Å²) in [6.45, 7) is 3.04. The van der Waals surface area contributed by atoms with E-state index in [2.05, 4.69) is 23.7 Å². The molecule has 2 fully saturated rings. The Kier molecular flexibility index (Phi) is 2.72. The molecule has 4 rings (SSSR count). The zero-order valence-electron chi connectivity index (χ0n) is 11.2. The van der Waals surface area contributed by atoms with Crippen LogP contribution in [-0.4, -0.2) is 16.5 Å². The molecule has 100 valence electrons. The molecule has 2 bridgehead atoms. The van der Waals surface area contributed by atoms with Crippen LogP contribution in [0.25, 0.3) is 10.2 Å². The zero-order chi connectivity index (χ0) is 12.8. The van der Waals surface area contributed by atoms with Gasteiger partial charge in [-0.3, -0.25) is 0 Å². The largest absolute Gasteiger partial charge is 0.370 e. The van der Waals surface area contributed by atoms with Crippen LogP contribution in [0.1, 0.15) is 44.3 Å². The first kappa shape index (κ1) is 11.6. The Hall–Kier alpha value is -1.16. The summed E-state index contributed by atoms with van der Waals surface area (Å²) >= 11 is 1.73. The van der Waals surface area contributed by atoms with E-state index in [9.17, 15) is 0 Å². The Balaban J connectivity index is 1.77. The highest BCUT2D eigenvalue weighted by Crippen LogP contribution is 2.52. The van der Waals surface area contributed by atoms with Crippen molar-refractivity contribution >= 4 is 27.4 Å². The van der Waals surface area contributed by atoms with Crippen molar-refractivity contribution in [2.24, 2.45) is 11.8 Å². The van der Waals surface area contributed by atoms with Crippen LogP contribution in [0.2, 0.25) is 0 Å². The quantitative estimate of drug-likeness (QED) is 0.917. The van der Waals surface area contributed by atoms with Crippen LogP contribution in [0.5, 0.6) is 0 Å². The van der Waals surface area contributed by atoms with Crippen molar-refractivity contribution in [1.29, 1.82) is 0 Å². The first-order valence-electron chi connectivity index (χ1n) is 7.34. The maximum Gasteiger partial charge on any atom is 0.138 e. The van der Waals surface area contributed by atoms with Gasteiger partial charge in [-0.15, -0.1) is 11.3 Å². The van der Waals surface area contributed by atoms with E-state index in [1.54, 1.807) is 11.3 Å². The van der Waals surface area contributed by atoms with E-state index in [0.717, 1.165) is 34.9 Å². The van der Waals surface area contributed by atoms with Gasteiger partial charge in [0.25, 0.3) is 0 Å². The summed E-state index contributed by atoms with van der Waals surface area (Å²) in [6, 6.07) is 2.13. The number of thiophene rings is 1. The molecule has 0 aromatic carbocycles. The van der Waals surface area contributed by atoms with Gasteiger partial charge in [0.05, 0.1) is 5.39 Å².